The fraction of sp³-hybridized carbons (Fsp3) is 0.486. The summed E-state index contributed by atoms with van der Waals surface area (Å²) in [7, 11) is 1.76. The highest BCUT2D eigenvalue weighted by Gasteiger charge is 2.29. The van der Waals surface area contributed by atoms with Crippen LogP contribution in [0.5, 0.6) is 23.0 Å². The molecule has 0 saturated carbocycles. The van der Waals surface area contributed by atoms with E-state index in [0.717, 1.165) is 106 Å². The van der Waals surface area contributed by atoms with Crippen molar-refractivity contribution in [1.29, 1.82) is 0 Å². The summed E-state index contributed by atoms with van der Waals surface area (Å²) in [6, 6.07) is 21.3. The number of benzene rings is 3. The number of ether oxygens (including phenoxy) is 6. The molecule has 9 heteroatoms. The van der Waals surface area contributed by atoms with Crippen LogP contribution in [0.15, 0.2) is 60.7 Å². The molecule has 0 unspecified atom stereocenters. The summed E-state index contributed by atoms with van der Waals surface area (Å²) in [4.78, 5) is 4.75. The first-order chi connectivity index (χ1) is 21.7. The molecule has 2 fully saturated rings. The normalized spacial score (nSPS) is 22.5. The number of nitrogens with zero attached hydrogens (tertiary/aromatic N) is 2. The van der Waals surface area contributed by atoms with E-state index in [0.29, 0.717) is 19.3 Å². The number of piperidine rings is 1. The van der Waals surface area contributed by atoms with Gasteiger partial charge in [-0.05, 0) is 66.9 Å². The Balaban J connectivity index is 0.945. The van der Waals surface area contributed by atoms with Gasteiger partial charge in [0.1, 0.15) is 24.2 Å². The van der Waals surface area contributed by atoms with Crippen LogP contribution in [0.1, 0.15) is 36.3 Å². The zero-order valence-corrected chi connectivity index (χ0v) is 25.5. The van der Waals surface area contributed by atoms with E-state index in [1.54, 1.807) is 7.11 Å². The summed E-state index contributed by atoms with van der Waals surface area (Å²) in [5, 5.41) is 3.54. The Morgan fingerprint density at radius 3 is 2.70 bits per heavy atom. The molecular formula is C35H43N3O6. The van der Waals surface area contributed by atoms with Crippen LogP contribution in [0.3, 0.4) is 0 Å². The van der Waals surface area contributed by atoms with E-state index in [9.17, 15) is 0 Å². The van der Waals surface area contributed by atoms with E-state index in [1.807, 2.05) is 6.07 Å². The fourth-order valence-corrected chi connectivity index (χ4v) is 6.76. The zero-order valence-electron chi connectivity index (χ0n) is 25.5. The first kappa shape index (κ1) is 29.1. The first-order valence-electron chi connectivity index (χ1n) is 16.0. The van der Waals surface area contributed by atoms with Gasteiger partial charge in [-0.2, -0.15) is 0 Å². The molecular weight excluding hydrogens is 558 g/mol. The van der Waals surface area contributed by atoms with E-state index in [-0.39, 0.29) is 12.2 Å². The number of fused-ring (bicyclic) bond motifs is 2. The molecule has 3 aromatic rings. The van der Waals surface area contributed by atoms with Gasteiger partial charge in [-0.15, -0.1) is 0 Å². The van der Waals surface area contributed by atoms with Crippen molar-refractivity contribution in [2.45, 2.75) is 44.0 Å². The second-order valence-corrected chi connectivity index (χ2v) is 12.0. The van der Waals surface area contributed by atoms with Crippen LogP contribution in [-0.4, -0.2) is 78.6 Å². The number of nitrogens with one attached hydrogen (secondary N) is 1. The van der Waals surface area contributed by atoms with E-state index in [2.05, 4.69) is 69.7 Å². The number of anilines is 2. The van der Waals surface area contributed by atoms with Crippen molar-refractivity contribution in [3.63, 3.8) is 0 Å². The minimum absolute atomic E-state index is 0.102. The van der Waals surface area contributed by atoms with Gasteiger partial charge in [-0.25, -0.2) is 0 Å². The number of rotatable bonds is 11. The molecule has 4 aliphatic rings. The summed E-state index contributed by atoms with van der Waals surface area (Å²) >= 11 is 0. The monoisotopic (exact) mass is 601 g/mol. The molecule has 4 heterocycles. The Hall–Kier alpha value is -3.66. The molecule has 0 aliphatic carbocycles. The molecule has 7 rings (SSSR count). The maximum Gasteiger partial charge on any atom is 0.231 e. The number of methoxy groups -OCH3 is 1. The van der Waals surface area contributed by atoms with E-state index < -0.39 is 0 Å². The average Bonchev–Trinajstić information content (AvgIpc) is 3.74. The van der Waals surface area contributed by atoms with Crippen LogP contribution >= 0.6 is 0 Å². The molecule has 234 valence electrons. The van der Waals surface area contributed by atoms with E-state index in [4.69, 9.17) is 28.4 Å². The van der Waals surface area contributed by atoms with Gasteiger partial charge in [-0.1, -0.05) is 18.2 Å². The first-order valence-corrected chi connectivity index (χ1v) is 16.0. The third-order valence-electron chi connectivity index (χ3n) is 9.13. The molecule has 0 amide bonds. The van der Waals surface area contributed by atoms with Gasteiger partial charge in [0.15, 0.2) is 11.5 Å². The van der Waals surface area contributed by atoms with Crippen LogP contribution in [0.4, 0.5) is 11.4 Å². The quantitative estimate of drug-likeness (QED) is 0.307. The average molecular weight is 602 g/mol. The van der Waals surface area contributed by atoms with Gasteiger partial charge in [0.25, 0.3) is 0 Å². The largest absolute Gasteiger partial charge is 0.490 e. The molecule has 0 spiro atoms. The molecule has 2 saturated heterocycles. The molecule has 44 heavy (non-hydrogen) atoms. The highest BCUT2D eigenvalue weighted by atomic mass is 16.7. The Bertz CT molecular complexity index is 1400. The van der Waals surface area contributed by atoms with Gasteiger partial charge in [0.2, 0.25) is 6.79 Å². The molecule has 3 atom stereocenters. The van der Waals surface area contributed by atoms with Gasteiger partial charge < -0.3 is 43.5 Å². The van der Waals surface area contributed by atoms with Crippen molar-refractivity contribution in [2.75, 3.05) is 76.2 Å². The molecule has 4 aliphatic heterocycles. The van der Waals surface area contributed by atoms with E-state index >= 15 is 0 Å². The lowest BCUT2D eigenvalue weighted by Crippen LogP contribution is -2.41. The standard InChI is InChI=1S/C35H43N3O6/c1-39-17-2-14-37-16-18-40-32-9-3-25(19-31(32)37)23-41-35-21-36-13-11-30(35)26-4-7-28(8-5-26)44-29-12-15-38(22-29)27-6-10-33-34(20-27)43-24-42-33/h3-10,19-20,29-30,35-36H,2,11-18,21-24H2,1H3/t29-,30+,35-/m0/s1. The highest BCUT2D eigenvalue weighted by molar-refractivity contribution is 5.61. The maximum absolute atomic E-state index is 6.58. The van der Waals surface area contributed by atoms with Crippen molar-refractivity contribution < 1.29 is 28.4 Å². The summed E-state index contributed by atoms with van der Waals surface area (Å²) in [6.45, 7) is 7.86. The van der Waals surface area contributed by atoms with Crippen LogP contribution < -0.4 is 34.1 Å². The van der Waals surface area contributed by atoms with E-state index in [1.165, 1.54) is 11.1 Å². The SMILES string of the molecule is COCCCN1CCOc2ccc(CO[C@H]3CNCC[C@@H]3c3ccc(O[C@H]4CCN(c5ccc6c(c5)OCO6)C4)cc3)cc21. The summed E-state index contributed by atoms with van der Waals surface area (Å²) in [5.74, 6) is 3.85. The Morgan fingerprint density at radius 2 is 1.80 bits per heavy atom. The lowest BCUT2D eigenvalue weighted by atomic mass is 9.87. The van der Waals surface area contributed by atoms with Crippen LogP contribution in [0.25, 0.3) is 0 Å². The Labute approximate surface area is 259 Å². The number of hydrogen-bond donors (Lipinski definition) is 1. The van der Waals surface area contributed by atoms with Crippen LogP contribution in [0, 0.1) is 0 Å². The third kappa shape index (κ3) is 6.55. The second-order valence-electron chi connectivity index (χ2n) is 12.0. The zero-order chi connectivity index (χ0) is 29.7. The van der Waals surface area contributed by atoms with Gasteiger partial charge in [-0.3, -0.25) is 0 Å². The molecule has 3 aromatic carbocycles. The van der Waals surface area contributed by atoms with Crippen molar-refractivity contribution in [2.24, 2.45) is 0 Å². The predicted octanol–water partition coefficient (Wildman–Crippen LogP) is 4.97. The topological polar surface area (TPSA) is 73.9 Å². The van der Waals surface area contributed by atoms with Gasteiger partial charge in [0, 0.05) is 57.4 Å². The van der Waals surface area contributed by atoms with Crippen LogP contribution in [0.2, 0.25) is 0 Å². The molecule has 1 N–H and O–H groups in total. The third-order valence-corrected chi connectivity index (χ3v) is 9.13. The minimum atomic E-state index is 0.102. The lowest BCUT2D eigenvalue weighted by Gasteiger charge is -2.33. The summed E-state index contributed by atoms with van der Waals surface area (Å²) in [6.07, 6.45) is 3.28. The minimum Gasteiger partial charge on any atom is -0.490 e. The molecule has 9 nitrogen and oxygen atoms in total. The van der Waals surface area contributed by atoms with Crippen molar-refractivity contribution in [3.8, 4) is 23.0 Å². The number of hydrogen-bond acceptors (Lipinski definition) is 9. The molecule has 0 aromatic heterocycles. The van der Waals surface area contributed by atoms with Crippen molar-refractivity contribution in [3.05, 3.63) is 71.8 Å². The molecule has 0 radical (unpaired) electrons. The van der Waals surface area contributed by atoms with Gasteiger partial charge in [0.05, 0.1) is 31.5 Å². The Morgan fingerprint density at radius 1 is 0.909 bits per heavy atom. The lowest BCUT2D eigenvalue weighted by molar-refractivity contribution is 0.0106. The summed E-state index contributed by atoms with van der Waals surface area (Å²) < 4.78 is 35.2. The van der Waals surface area contributed by atoms with Crippen LogP contribution in [-0.2, 0) is 16.1 Å². The smallest absolute Gasteiger partial charge is 0.231 e. The summed E-state index contributed by atoms with van der Waals surface area (Å²) in [5.41, 5.74) is 4.78. The molecule has 0 bridgehead atoms. The highest BCUT2D eigenvalue weighted by Crippen LogP contribution is 2.37. The predicted molar refractivity (Wildman–Crippen MR) is 170 cm³/mol. The van der Waals surface area contributed by atoms with Crippen molar-refractivity contribution >= 4 is 11.4 Å². The second kappa shape index (κ2) is 13.5. The fourth-order valence-electron chi connectivity index (χ4n) is 6.76. The Kier molecular flexibility index (Phi) is 8.95. The maximum atomic E-state index is 6.58. The van der Waals surface area contributed by atoms with Crippen molar-refractivity contribution in [1.82, 2.24) is 5.32 Å². The van der Waals surface area contributed by atoms with Gasteiger partial charge >= 0.3 is 0 Å².